The van der Waals surface area contributed by atoms with Crippen LogP contribution in [0.2, 0.25) is 0 Å². The van der Waals surface area contributed by atoms with E-state index in [0.29, 0.717) is 13.1 Å². The third-order valence-corrected chi connectivity index (χ3v) is 3.10. The van der Waals surface area contributed by atoms with E-state index >= 15 is 0 Å². The average Bonchev–Trinajstić information content (AvgIpc) is 2.12. The first kappa shape index (κ1) is 12.3. The van der Waals surface area contributed by atoms with Gasteiger partial charge in [0.15, 0.2) is 0 Å². The van der Waals surface area contributed by atoms with Gasteiger partial charge in [-0.25, -0.2) is 4.79 Å². The molecule has 0 radical (unpaired) electrons. The van der Waals surface area contributed by atoms with Gasteiger partial charge in [0, 0.05) is 6.54 Å². The highest BCUT2D eigenvalue weighted by Gasteiger charge is 2.45. The number of rotatable bonds is 4. The number of unbranched alkanes of at least 4 members (excludes halogenated alkanes) is 1. The van der Waals surface area contributed by atoms with Gasteiger partial charge in [-0.3, -0.25) is 0 Å². The van der Waals surface area contributed by atoms with Crippen molar-refractivity contribution in [2.75, 3.05) is 19.6 Å². The number of hydrogen-bond acceptors (Lipinski definition) is 2. The zero-order valence-corrected chi connectivity index (χ0v) is 9.92. The first-order chi connectivity index (χ1) is 6.99. The number of urea groups is 1. The molecular formula is C11H22N2O2. The molecule has 0 unspecified atom stereocenters. The number of aliphatic hydroxyl groups is 1. The molecule has 0 spiro atoms. The van der Waals surface area contributed by atoms with Crippen LogP contribution in [0.3, 0.4) is 0 Å². The van der Waals surface area contributed by atoms with E-state index in [4.69, 9.17) is 0 Å². The van der Waals surface area contributed by atoms with E-state index in [0.717, 1.165) is 19.4 Å². The van der Waals surface area contributed by atoms with Crippen molar-refractivity contribution in [2.24, 2.45) is 5.92 Å². The van der Waals surface area contributed by atoms with Crippen LogP contribution in [0, 0.1) is 5.92 Å². The summed E-state index contributed by atoms with van der Waals surface area (Å²) >= 11 is 0. The van der Waals surface area contributed by atoms with Gasteiger partial charge in [-0.1, -0.05) is 27.2 Å². The Balaban J connectivity index is 2.23. The zero-order valence-electron chi connectivity index (χ0n) is 9.92. The van der Waals surface area contributed by atoms with Crippen LogP contribution in [0.1, 0.15) is 33.6 Å². The van der Waals surface area contributed by atoms with Crippen molar-refractivity contribution in [1.29, 1.82) is 0 Å². The van der Waals surface area contributed by atoms with E-state index in [1.165, 1.54) is 0 Å². The van der Waals surface area contributed by atoms with Crippen LogP contribution in [0.4, 0.5) is 4.79 Å². The maximum absolute atomic E-state index is 11.5. The molecule has 2 amide bonds. The first-order valence-corrected chi connectivity index (χ1v) is 5.74. The molecule has 1 aliphatic rings. The van der Waals surface area contributed by atoms with Gasteiger partial charge in [-0.15, -0.1) is 0 Å². The molecule has 0 bridgehead atoms. The molecule has 0 aromatic heterocycles. The van der Waals surface area contributed by atoms with Crippen LogP contribution in [0.5, 0.6) is 0 Å². The van der Waals surface area contributed by atoms with Crippen LogP contribution in [-0.4, -0.2) is 41.3 Å². The molecule has 0 saturated carbocycles. The maximum atomic E-state index is 11.5. The SMILES string of the molecule is CCCCNC(=O)N1CC(O)(C(C)C)C1. The third-order valence-electron chi connectivity index (χ3n) is 3.10. The maximum Gasteiger partial charge on any atom is 0.317 e. The summed E-state index contributed by atoms with van der Waals surface area (Å²) in [6.45, 7) is 7.70. The zero-order chi connectivity index (χ0) is 11.5. The van der Waals surface area contributed by atoms with E-state index in [1.54, 1.807) is 4.90 Å². The lowest BCUT2D eigenvalue weighted by Crippen LogP contribution is -2.67. The normalized spacial score (nSPS) is 18.9. The topological polar surface area (TPSA) is 52.6 Å². The van der Waals surface area contributed by atoms with Gasteiger partial charge in [0.2, 0.25) is 0 Å². The van der Waals surface area contributed by atoms with Gasteiger partial charge < -0.3 is 15.3 Å². The summed E-state index contributed by atoms with van der Waals surface area (Å²) in [6.07, 6.45) is 2.09. The van der Waals surface area contributed by atoms with Gasteiger partial charge in [-0.05, 0) is 12.3 Å². The summed E-state index contributed by atoms with van der Waals surface area (Å²) < 4.78 is 0. The van der Waals surface area contributed by atoms with Crippen molar-refractivity contribution in [3.63, 3.8) is 0 Å². The molecule has 0 aromatic carbocycles. The highest BCUT2D eigenvalue weighted by Crippen LogP contribution is 2.28. The Labute approximate surface area is 91.6 Å². The Hall–Kier alpha value is -0.770. The Bertz CT molecular complexity index is 223. The number of nitrogens with zero attached hydrogens (tertiary/aromatic N) is 1. The lowest BCUT2D eigenvalue weighted by Gasteiger charge is -2.48. The lowest BCUT2D eigenvalue weighted by molar-refractivity contribution is -0.107. The quantitative estimate of drug-likeness (QED) is 0.691. The number of likely N-dealkylation sites (tertiary alicyclic amines) is 1. The third kappa shape index (κ3) is 2.84. The monoisotopic (exact) mass is 214 g/mol. The molecular weight excluding hydrogens is 192 g/mol. The molecule has 15 heavy (non-hydrogen) atoms. The molecule has 88 valence electrons. The smallest absolute Gasteiger partial charge is 0.317 e. The van der Waals surface area contributed by atoms with Crippen molar-refractivity contribution in [3.8, 4) is 0 Å². The average molecular weight is 214 g/mol. The molecule has 4 heteroatoms. The van der Waals surface area contributed by atoms with Gasteiger partial charge >= 0.3 is 6.03 Å². The minimum Gasteiger partial charge on any atom is -0.386 e. The second-order valence-electron chi connectivity index (χ2n) is 4.70. The Morgan fingerprint density at radius 2 is 2.13 bits per heavy atom. The molecule has 1 rings (SSSR count). The molecule has 0 aliphatic carbocycles. The fraction of sp³-hybridized carbons (Fsp3) is 0.909. The predicted molar refractivity (Wildman–Crippen MR) is 59.7 cm³/mol. The standard InChI is InChI=1S/C11H22N2O2/c1-4-5-6-12-10(14)13-7-11(15,8-13)9(2)3/h9,15H,4-8H2,1-3H3,(H,12,14). The van der Waals surface area contributed by atoms with Crippen molar-refractivity contribution < 1.29 is 9.90 Å². The van der Waals surface area contributed by atoms with Gasteiger partial charge in [-0.2, -0.15) is 0 Å². The first-order valence-electron chi connectivity index (χ1n) is 5.74. The van der Waals surface area contributed by atoms with E-state index in [2.05, 4.69) is 12.2 Å². The molecule has 1 fully saturated rings. The molecule has 1 aliphatic heterocycles. The number of hydrogen-bond donors (Lipinski definition) is 2. The summed E-state index contributed by atoms with van der Waals surface area (Å²) in [6, 6.07) is -0.0474. The molecule has 4 nitrogen and oxygen atoms in total. The molecule has 1 saturated heterocycles. The minimum absolute atomic E-state index is 0.0474. The van der Waals surface area contributed by atoms with Crippen LogP contribution in [0.15, 0.2) is 0 Å². The fourth-order valence-electron chi connectivity index (χ4n) is 1.61. The van der Waals surface area contributed by atoms with Gasteiger partial charge in [0.05, 0.1) is 13.1 Å². The molecule has 0 atom stereocenters. The molecule has 0 aromatic rings. The number of carbonyl (C=O) groups excluding carboxylic acids is 1. The summed E-state index contributed by atoms with van der Waals surface area (Å²) in [4.78, 5) is 13.2. The lowest BCUT2D eigenvalue weighted by atomic mass is 9.83. The fourth-order valence-corrected chi connectivity index (χ4v) is 1.61. The highest BCUT2D eigenvalue weighted by atomic mass is 16.3. The molecule has 2 N–H and O–H groups in total. The largest absolute Gasteiger partial charge is 0.386 e. The van der Waals surface area contributed by atoms with Crippen molar-refractivity contribution in [2.45, 2.75) is 39.2 Å². The Kier molecular flexibility index (Phi) is 3.97. The number of β-amino-alcohol motifs (C(OH)–C–C–N with tert-alkyl or cyclic N) is 1. The van der Waals surface area contributed by atoms with E-state index < -0.39 is 5.60 Å². The number of nitrogens with one attached hydrogen (secondary N) is 1. The summed E-state index contributed by atoms with van der Waals surface area (Å²) in [7, 11) is 0. The number of carbonyl (C=O) groups is 1. The van der Waals surface area contributed by atoms with E-state index in [9.17, 15) is 9.90 Å². The van der Waals surface area contributed by atoms with Crippen molar-refractivity contribution >= 4 is 6.03 Å². The summed E-state index contributed by atoms with van der Waals surface area (Å²) in [5.41, 5.74) is -0.665. The minimum atomic E-state index is -0.665. The van der Waals surface area contributed by atoms with Crippen molar-refractivity contribution in [3.05, 3.63) is 0 Å². The van der Waals surface area contributed by atoms with E-state index in [1.807, 2.05) is 13.8 Å². The molecule has 1 heterocycles. The van der Waals surface area contributed by atoms with Crippen LogP contribution >= 0.6 is 0 Å². The van der Waals surface area contributed by atoms with Crippen molar-refractivity contribution in [1.82, 2.24) is 10.2 Å². The van der Waals surface area contributed by atoms with Crippen LogP contribution < -0.4 is 5.32 Å². The van der Waals surface area contributed by atoms with Gasteiger partial charge in [0.25, 0.3) is 0 Å². The van der Waals surface area contributed by atoms with Gasteiger partial charge in [0.1, 0.15) is 5.60 Å². The van der Waals surface area contributed by atoms with E-state index in [-0.39, 0.29) is 11.9 Å². The second-order valence-corrected chi connectivity index (χ2v) is 4.70. The Morgan fingerprint density at radius 3 is 2.60 bits per heavy atom. The number of amides is 2. The second kappa shape index (κ2) is 4.84. The Morgan fingerprint density at radius 1 is 1.53 bits per heavy atom. The summed E-state index contributed by atoms with van der Waals surface area (Å²) in [5.74, 6) is 0.206. The highest BCUT2D eigenvalue weighted by molar-refractivity contribution is 5.75. The predicted octanol–water partition coefficient (Wildman–Crippen LogP) is 1.20. The van der Waals surface area contributed by atoms with Crippen LogP contribution in [-0.2, 0) is 0 Å². The summed E-state index contributed by atoms with van der Waals surface area (Å²) in [5, 5.41) is 12.8. The van der Waals surface area contributed by atoms with Crippen LogP contribution in [0.25, 0.3) is 0 Å².